The highest BCUT2D eigenvalue weighted by Gasteiger charge is 2.15. The molecule has 3 N–H and O–H groups in total. The smallest absolute Gasteiger partial charge is 0.270 e. The first-order valence-corrected chi connectivity index (χ1v) is 7.94. The van der Waals surface area contributed by atoms with Crippen LogP contribution in [0.2, 0.25) is 0 Å². The molecule has 0 saturated carbocycles. The minimum atomic E-state index is -0.503. The Morgan fingerprint density at radius 1 is 1.30 bits per heavy atom. The monoisotopic (exact) mass is 321 g/mol. The average Bonchev–Trinajstić information content (AvgIpc) is 2.57. The van der Waals surface area contributed by atoms with Crippen LogP contribution in [-0.4, -0.2) is 39.7 Å². The molecule has 1 aromatic rings. The third kappa shape index (κ3) is 4.54. The molecule has 0 spiro atoms. The number of nitrogens with two attached hydrogens (primary N) is 1. The topological polar surface area (TPSA) is 114 Å². The van der Waals surface area contributed by atoms with Crippen LogP contribution in [0.5, 0.6) is 0 Å². The lowest BCUT2D eigenvalue weighted by Gasteiger charge is -2.27. The first kappa shape index (κ1) is 17.0. The summed E-state index contributed by atoms with van der Waals surface area (Å²) in [5.41, 5.74) is 5.62. The number of rotatable bonds is 5. The van der Waals surface area contributed by atoms with Gasteiger partial charge in [-0.15, -0.1) is 4.73 Å². The molecule has 1 saturated heterocycles. The average molecular weight is 321 g/mol. The SMILES string of the molecule is CCC(=O)CCC(=O)N=c1nc(N2CCCCC2)cc(N)n1O. The molecule has 0 unspecified atom stereocenters. The Labute approximate surface area is 134 Å². The van der Waals surface area contributed by atoms with Gasteiger partial charge in [0.15, 0.2) is 0 Å². The molecule has 1 fully saturated rings. The molecule has 126 valence electrons. The van der Waals surface area contributed by atoms with Crippen molar-refractivity contribution < 1.29 is 14.8 Å². The van der Waals surface area contributed by atoms with Gasteiger partial charge in [-0.2, -0.15) is 9.98 Å². The summed E-state index contributed by atoms with van der Waals surface area (Å²) in [4.78, 5) is 33.2. The Balaban J connectivity index is 2.22. The lowest BCUT2D eigenvalue weighted by molar-refractivity contribution is -0.123. The van der Waals surface area contributed by atoms with E-state index in [4.69, 9.17) is 5.73 Å². The van der Waals surface area contributed by atoms with Crippen molar-refractivity contribution >= 4 is 23.3 Å². The van der Waals surface area contributed by atoms with Crippen LogP contribution in [0.1, 0.15) is 45.4 Å². The summed E-state index contributed by atoms with van der Waals surface area (Å²) >= 11 is 0. The molecule has 8 nitrogen and oxygen atoms in total. The van der Waals surface area contributed by atoms with E-state index in [0.29, 0.717) is 17.0 Å². The summed E-state index contributed by atoms with van der Waals surface area (Å²) in [6.45, 7) is 3.47. The van der Waals surface area contributed by atoms with Crippen molar-refractivity contribution in [1.82, 2.24) is 9.71 Å². The third-order valence-electron chi connectivity index (χ3n) is 3.84. The zero-order valence-electron chi connectivity index (χ0n) is 13.4. The number of carbonyl (C=O) groups is 2. The number of ketones is 1. The number of carbonyl (C=O) groups excluding carboxylic acids is 2. The summed E-state index contributed by atoms with van der Waals surface area (Å²) < 4.78 is 0.590. The quantitative estimate of drug-likeness (QED) is 0.778. The van der Waals surface area contributed by atoms with E-state index in [1.807, 2.05) is 0 Å². The Bertz CT molecular complexity index is 647. The minimum absolute atomic E-state index is 0.0000319. The zero-order valence-corrected chi connectivity index (χ0v) is 13.4. The fourth-order valence-corrected chi connectivity index (χ4v) is 2.44. The van der Waals surface area contributed by atoms with Crippen molar-refractivity contribution in [2.75, 3.05) is 23.7 Å². The van der Waals surface area contributed by atoms with Gasteiger partial charge in [-0.05, 0) is 19.3 Å². The summed E-state index contributed by atoms with van der Waals surface area (Å²) in [7, 11) is 0. The lowest BCUT2D eigenvalue weighted by Crippen LogP contribution is -2.34. The van der Waals surface area contributed by atoms with E-state index in [1.54, 1.807) is 13.0 Å². The van der Waals surface area contributed by atoms with Crippen LogP contribution in [0.3, 0.4) is 0 Å². The van der Waals surface area contributed by atoms with E-state index >= 15 is 0 Å². The first-order chi connectivity index (χ1) is 11.0. The Kier molecular flexibility index (Phi) is 5.72. The lowest BCUT2D eigenvalue weighted by atomic mass is 10.1. The molecular weight excluding hydrogens is 298 g/mol. The van der Waals surface area contributed by atoms with Crippen molar-refractivity contribution in [3.8, 4) is 0 Å². The van der Waals surface area contributed by atoms with E-state index in [9.17, 15) is 14.8 Å². The van der Waals surface area contributed by atoms with Crippen LogP contribution >= 0.6 is 0 Å². The van der Waals surface area contributed by atoms with E-state index < -0.39 is 5.91 Å². The third-order valence-corrected chi connectivity index (χ3v) is 3.84. The Hall–Kier alpha value is -2.38. The number of amides is 1. The molecule has 1 aliphatic heterocycles. The molecule has 0 bridgehead atoms. The number of nitrogen functional groups attached to an aromatic ring is 1. The van der Waals surface area contributed by atoms with Crippen LogP contribution in [-0.2, 0) is 9.59 Å². The number of hydrogen-bond acceptors (Lipinski definition) is 6. The molecule has 0 aromatic carbocycles. The van der Waals surface area contributed by atoms with Gasteiger partial charge < -0.3 is 15.8 Å². The molecule has 0 atom stereocenters. The van der Waals surface area contributed by atoms with Crippen LogP contribution in [0.4, 0.5) is 11.6 Å². The second-order valence-electron chi connectivity index (χ2n) is 5.60. The molecule has 0 aliphatic carbocycles. The van der Waals surface area contributed by atoms with Gasteiger partial charge in [0.25, 0.3) is 5.62 Å². The van der Waals surface area contributed by atoms with Gasteiger partial charge >= 0.3 is 0 Å². The largest absolute Gasteiger partial charge is 0.423 e. The number of piperidine rings is 1. The molecule has 8 heteroatoms. The molecule has 0 radical (unpaired) electrons. The van der Waals surface area contributed by atoms with Gasteiger partial charge in [0.1, 0.15) is 17.4 Å². The predicted molar refractivity (Wildman–Crippen MR) is 85.0 cm³/mol. The summed E-state index contributed by atoms with van der Waals surface area (Å²) in [6.07, 6.45) is 3.86. The van der Waals surface area contributed by atoms with E-state index in [1.165, 1.54) is 6.42 Å². The number of nitrogens with zero attached hydrogens (tertiary/aromatic N) is 4. The van der Waals surface area contributed by atoms with Gasteiger partial charge in [0.2, 0.25) is 5.91 Å². The zero-order chi connectivity index (χ0) is 16.8. The summed E-state index contributed by atoms with van der Waals surface area (Å²) in [6, 6.07) is 1.56. The van der Waals surface area contributed by atoms with Crippen molar-refractivity contribution in [3.63, 3.8) is 0 Å². The summed E-state index contributed by atoms with van der Waals surface area (Å²) in [5, 5.41) is 9.89. The van der Waals surface area contributed by atoms with Crippen molar-refractivity contribution in [3.05, 3.63) is 11.7 Å². The number of aromatic nitrogens is 2. The fourth-order valence-electron chi connectivity index (χ4n) is 2.44. The maximum atomic E-state index is 11.8. The maximum Gasteiger partial charge on any atom is 0.270 e. The van der Waals surface area contributed by atoms with Gasteiger partial charge in [-0.3, -0.25) is 9.59 Å². The van der Waals surface area contributed by atoms with E-state index in [-0.39, 0.29) is 30.1 Å². The molecule has 1 aliphatic rings. The fraction of sp³-hybridized carbons (Fsp3) is 0.600. The van der Waals surface area contributed by atoms with Crippen LogP contribution < -0.4 is 16.3 Å². The molecule has 2 heterocycles. The van der Waals surface area contributed by atoms with Crippen molar-refractivity contribution in [2.45, 2.75) is 45.4 Å². The first-order valence-electron chi connectivity index (χ1n) is 7.94. The number of Topliss-reactive ketones (excluding diaryl/α,β-unsaturated/α-hetero) is 1. The highest BCUT2D eigenvalue weighted by atomic mass is 16.5. The standard InChI is InChI=1S/C15H23N5O3/c1-2-11(21)6-7-14(22)18-15-17-13(10-12(16)20(15)23)19-8-4-3-5-9-19/h10,23H,2-9,16H2,1H3. The number of hydrogen-bond donors (Lipinski definition) is 2. The summed E-state index contributed by atoms with van der Waals surface area (Å²) in [5.74, 6) is 0.165. The van der Waals surface area contributed by atoms with Gasteiger partial charge in [0, 0.05) is 38.4 Å². The molecule has 1 amide bonds. The van der Waals surface area contributed by atoms with Crippen molar-refractivity contribution in [2.24, 2.45) is 4.99 Å². The second-order valence-corrected chi connectivity index (χ2v) is 5.60. The van der Waals surface area contributed by atoms with Gasteiger partial charge in [0.05, 0.1) is 0 Å². The van der Waals surface area contributed by atoms with Crippen LogP contribution in [0.25, 0.3) is 0 Å². The highest BCUT2D eigenvalue weighted by Crippen LogP contribution is 2.17. The van der Waals surface area contributed by atoms with Crippen molar-refractivity contribution in [1.29, 1.82) is 0 Å². The van der Waals surface area contributed by atoms with E-state index in [2.05, 4.69) is 14.9 Å². The van der Waals surface area contributed by atoms with E-state index in [0.717, 1.165) is 25.9 Å². The maximum absolute atomic E-state index is 11.8. The normalized spacial score (nSPS) is 15.7. The Morgan fingerprint density at radius 2 is 2.00 bits per heavy atom. The molecule has 2 rings (SSSR count). The second kappa shape index (κ2) is 7.75. The highest BCUT2D eigenvalue weighted by molar-refractivity contribution is 5.85. The molecule has 23 heavy (non-hydrogen) atoms. The molecule has 1 aromatic heterocycles. The minimum Gasteiger partial charge on any atom is -0.423 e. The van der Waals surface area contributed by atoms with Crippen LogP contribution in [0, 0.1) is 0 Å². The van der Waals surface area contributed by atoms with Crippen LogP contribution in [0.15, 0.2) is 11.1 Å². The predicted octanol–water partition coefficient (Wildman–Crippen LogP) is 0.879. The number of anilines is 2. The van der Waals surface area contributed by atoms with Gasteiger partial charge in [-0.25, -0.2) is 0 Å². The Morgan fingerprint density at radius 3 is 2.65 bits per heavy atom. The van der Waals surface area contributed by atoms with Gasteiger partial charge in [-0.1, -0.05) is 6.92 Å². The molecular formula is C15H23N5O3.